The summed E-state index contributed by atoms with van der Waals surface area (Å²) in [6.07, 6.45) is 2.07. The topological polar surface area (TPSA) is 55.4 Å². The molecule has 4 nitrogen and oxygen atoms in total. The monoisotopic (exact) mass is 273 g/mol. The smallest absolute Gasteiger partial charge is 0.310 e. The van der Waals surface area contributed by atoms with Crippen LogP contribution in [-0.2, 0) is 14.3 Å². The van der Waals surface area contributed by atoms with Gasteiger partial charge in [0.2, 0.25) is 6.10 Å². The maximum absolute atomic E-state index is 12.3. The van der Waals surface area contributed by atoms with E-state index in [9.17, 15) is 9.59 Å². The van der Waals surface area contributed by atoms with E-state index in [0.717, 1.165) is 24.8 Å². The summed E-state index contributed by atoms with van der Waals surface area (Å²) in [5.74, 6) is -0.113. The number of benzene rings is 1. The maximum atomic E-state index is 12.3. The Labute approximate surface area is 118 Å². The van der Waals surface area contributed by atoms with Crippen LogP contribution in [0.25, 0.3) is 0 Å². The standard InChI is InChI=1S/C16H19NO3/c1-10-9-13(10)16(19)20-14(11-5-3-2-4-6-11)15(18)17-12-7-8-12/h2-6,10,12-14H,7-9H2,1H3,(H,17,18)/t10-,13+,14+/m1/s1. The van der Waals surface area contributed by atoms with Gasteiger partial charge < -0.3 is 10.1 Å². The van der Waals surface area contributed by atoms with Crippen LogP contribution in [0.4, 0.5) is 0 Å². The molecule has 0 radical (unpaired) electrons. The van der Waals surface area contributed by atoms with Crippen molar-refractivity contribution in [3.63, 3.8) is 0 Å². The van der Waals surface area contributed by atoms with Crippen molar-refractivity contribution < 1.29 is 14.3 Å². The lowest BCUT2D eigenvalue weighted by atomic mass is 10.1. The lowest BCUT2D eigenvalue weighted by Gasteiger charge is -2.18. The van der Waals surface area contributed by atoms with Crippen molar-refractivity contribution in [3.8, 4) is 0 Å². The van der Waals surface area contributed by atoms with Gasteiger partial charge >= 0.3 is 5.97 Å². The molecule has 1 amide bonds. The van der Waals surface area contributed by atoms with Gasteiger partial charge in [-0.1, -0.05) is 37.3 Å². The average molecular weight is 273 g/mol. The second-order valence-electron chi connectivity index (χ2n) is 5.83. The van der Waals surface area contributed by atoms with E-state index in [4.69, 9.17) is 4.74 Å². The molecular formula is C16H19NO3. The van der Waals surface area contributed by atoms with Crippen LogP contribution in [0.5, 0.6) is 0 Å². The quantitative estimate of drug-likeness (QED) is 0.837. The Kier molecular flexibility index (Phi) is 3.47. The molecule has 3 rings (SSSR count). The van der Waals surface area contributed by atoms with Gasteiger partial charge in [0.25, 0.3) is 5.91 Å². The molecule has 1 N–H and O–H groups in total. The van der Waals surface area contributed by atoms with Crippen molar-refractivity contribution >= 4 is 11.9 Å². The first-order valence-electron chi connectivity index (χ1n) is 7.21. The molecule has 0 aromatic heterocycles. The van der Waals surface area contributed by atoms with Crippen molar-refractivity contribution in [2.24, 2.45) is 11.8 Å². The van der Waals surface area contributed by atoms with Gasteiger partial charge in [-0.3, -0.25) is 9.59 Å². The average Bonchev–Trinajstić information content (AvgIpc) is 3.35. The Morgan fingerprint density at radius 3 is 2.45 bits per heavy atom. The molecule has 0 spiro atoms. The molecule has 0 heterocycles. The van der Waals surface area contributed by atoms with E-state index in [1.165, 1.54) is 0 Å². The lowest BCUT2D eigenvalue weighted by Crippen LogP contribution is -2.33. The van der Waals surface area contributed by atoms with Crippen LogP contribution in [0.1, 0.15) is 37.9 Å². The third kappa shape index (κ3) is 3.00. The second-order valence-corrected chi connectivity index (χ2v) is 5.83. The van der Waals surface area contributed by atoms with Crippen molar-refractivity contribution in [2.75, 3.05) is 0 Å². The van der Waals surface area contributed by atoms with Gasteiger partial charge in [-0.15, -0.1) is 0 Å². The summed E-state index contributed by atoms with van der Waals surface area (Å²) < 4.78 is 5.47. The van der Waals surface area contributed by atoms with Crippen LogP contribution in [0.3, 0.4) is 0 Å². The highest BCUT2D eigenvalue weighted by Crippen LogP contribution is 2.39. The van der Waals surface area contributed by atoms with Crippen molar-refractivity contribution in [1.29, 1.82) is 0 Å². The molecule has 0 saturated heterocycles. The molecule has 2 saturated carbocycles. The van der Waals surface area contributed by atoms with Gasteiger partial charge in [-0.2, -0.15) is 0 Å². The Morgan fingerprint density at radius 1 is 1.25 bits per heavy atom. The van der Waals surface area contributed by atoms with E-state index >= 15 is 0 Å². The fourth-order valence-electron chi connectivity index (χ4n) is 2.26. The third-order valence-electron chi connectivity index (χ3n) is 3.91. The molecular weight excluding hydrogens is 254 g/mol. The molecule has 2 fully saturated rings. The SMILES string of the molecule is C[C@@H]1C[C@@H]1C(=O)O[C@H](C(=O)NC1CC1)c1ccccc1. The second kappa shape index (κ2) is 5.27. The van der Waals surface area contributed by atoms with Gasteiger partial charge in [-0.05, 0) is 25.2 Å². The fourth-order valence-corrected chi connectivity index (χ4v) is 2.26. The van der Waals surface area contributed by atoms with Crippen molar-refractivity contribution in [3.05, 3.63) is 35.9 Å². The Hall–Kier alpha value is -1.84. The predicted molar refractivity (Wildman–Crippen MR) is 73.7 cm³/mol. The molecule has 2 aliphatic rings. The molecule has 4 heteroatoms. The summed E-state index contributed by atoms with van der Waals surface area (Å²) in [4.78, 5) is 24.3. The number of nitrogens with one attached hydrogen (secondary N) is 1. The minimum Gasteiger partial charge on any atom is -0.447 e. The molecule has 20 heavy (non-hydrogen) atoms. The van der Waals surface area contributed by atoms with Crippen LogP contribution in [0.2, 0.25) is 0 Å². The third-order valence-corrected chi connectivity index (χ3v) is 3.91. The number of amides is 1. The highest BCUT2D eigenvalue weighted by Gasteiger charge is 2.42. The van der Waals surface area contributed by atoms with Gasteiger partial charge in [0.15, 0.2) is 0 Å². The number of carbonyl (C=O) groups excluding carboxylic acids is 2. The number of carbonyl (C=O) groups is 2. The molecule has 0 bridgehead atoms. The van der Waals surface area contributed by atoms with E-state index in [2.05, 4.69) is 5.32 Å². The summed E-state index contributed by atoms with van der Waals surface area (Å²) in [5, 5.41) is 2.91. The van der Waals surface area contributed by atoms with Crippen LogP contribution in [0, 0.1) is 11.8 Å². The maximum Gasteiger partial charge on any atom is 0.310 e. The van der Waals surface area contributed by atoms with E-state index in [-0.39, 0.29) is 23.8 Å². The molecule has 1 aromatic carbocycles. The van der Waals surface area contributed by atoms with Crippen molar-refractivity contribution in [2.45, 2.75) is 38.3 Å². The molecule has 106 valence electrons. The van der Waals surface area contributed by atoms with E-state index in [1.54, 1.807) is 0 Å². The normalized spacial score (nSPS) is 25.6. The number of esters is 1. The number of hydrogen-bond acceptors (Lipinski definition) is 3. The largest absolute Gasteiger partial charge is 0.447 e. The summed E-state index contributed by atoms with van der Waals surface area (Å²) in [6, 6.07) is 9.47. The first-order valence-corrected chi connectivity index (χ1v) is 7.21. The number of rotatable bonds is 5. The van der Waals surface area contributed by atoms with E-state index in [0.29, 0.717) is 5.92 Å². The lowest BCUT2D eigenvalue weighted by molar-refractivity contribution is -0.158. The number of ether oxygens (including phenoxy) is 1. The first kappa shape index (κ1) is 13.2. The van der Waals surface area contributed by atoms with Crippen LogP contribution in [-0.4, -0.2) is 17.9 Å². The zero-order valence-electron chi connectivity index (χ0n) is 11.5. The zero-order valence-corrected chi connectivity index (χ0v) is 11.5. The minimum absolute atomic E-state index is 0.0325. The predicted octanol–water partition coefficient (Wildman–Crippen LogP) is 2.21. The summed E-state index contributed by atoms with van der Waals surface area (Å²) in [6.45, 7) is 2.02. The van der Waals surface area contributed by atoms with Crippen LogP contribution < -0.4 is 5.32 Å². The minimum atomic E-state index is -0.822. The zero-order chi connectivity index (χ0) is 14.1. The highest BCUT2D eigenvalue weighted by atomic mass is 16.5. The highest BCUT2D eigenvalue weighted by molar-refractivity contribution is 5.86. The molecule has 1 aromatic rings. The van der Waals surface area contributed by atoms with Gasteiger partial charge in [-0.25, -0.2) is 0 Å². The van der Waals surface area contributed by atoms with Gasteiger partial charge in [0.1, 0.15) is 0 Å². The van der Waals surface area contributed by atoms with Crippen molar-refractivity contribution in [1.82, 2.24) is 5.32 Å². The van der Waals surface area contributed by atoms with Gasteiger partial charge in [0.05, 0.1) is 5.92 Å². The number of hydrogen-bond donors (Lipinski definition) is 1. The molecule has 2 aliphatic carbocycles. The molecule has 0 aliphatic heterocycles. The van der Waals surface area contributed by atoms with Crippen LogP contribution >= 0.6 is 0 Å². The molecule has 0 unspecified atom stereocenters. The van der Waals surface area contributed by atoms with E-state index < -0.39 is 6.10 Å². The molecule has 3 atom stereocenters. The summed E-state index contributed by atoms with van der Waals surface area (Å²) in [5.41, 5.74) is 0.729. The Bertz CT molecular complexity index is 510. The fraction of sp³-hybridized carbons (Fsp3) is 0.500. The van der Waals surface area contributed by atoms with E-state index in [1.807, 2.05) is 37.3 Å². The first-order chi connectivity index (χ1) is 9.65. The Balaban J connectivity index is 1.72. The Morgan fingerprint density at radius 2 is 1.90 bits per heavy atom. The van der Waals surface area contributed by atoms with Crippen LogP contribution in [0.15, 0.2) is 30.3 Å². The summed E-state index contributed by atoms with van der Waals surface area (Å²) >= 11 is 0. The van der Waals surface area contributed by atoms with Gasteiger partial charge in [0, 0.05) is 11.6 Å². The summed E-state index contributed by atoms with van der Waals surface area (Å²) in [7, 11) is 0.